The van der Waals surface area contributed by atoms with Crippen LogP contribution in [0.25, 0.3) is 0 Å². The highest BCUT2D eigenvalue weighted by Crippen LogP contribution is 2.35. The van der Waals surface area contributed by atoms with Crippen LogP contribution < -0.4 is 4.90 Å². The molecule has 0 bridgehead atoms. The lowest BCUT2D eigenvalue weighted by Crippen LogP contribution is -2.46. The molecular weight excluding hydrogens is 324 g/mol. The molecule has 3 heterocycles. The smallest absolute Gasteiger partial charge is 0.132 e. The van der Waals surface area contributed by atoms with E-state index in [0.29, 0.717) is 12.1 Å². The maximum Gasteiger partial charge on any atom is 0.132 e. The summed E-state index contributed by atoms with van der Waals surface area (Å²) in [5.74, 6) is 1.11. The highest BCUT2D eigenvalue weighted by atomic mass is 15.3. The third-order valence-electron chi connectivity index (χ3n) is 6.24. The summed E-state index contributed by atoms with van der Waals surface area (Å²) >= 11 is 0. The van der Waals surface area contributed by atoms with Gasteiger partial charge in [0.05, 0.1) is 5.69 Å². The van der Waals surface area contributed by atoms with Gasteiger partial charge in [-0.25, -0.2) is 9.97 Å². The second-order valence-electron chi connectivity index (χ2n) is 8.05. The molecule has 2 fully saturated rings. The maximum atomic E-state index is 4.64. The standard InChI is InChI=1S/C20H28N6/c1-2-4-18-17(3-1)19(24-23-18)13-25-11-8-16(9-12-25)26(15-5-6-15)20-7-10-21-14-22-20/h7,10,14-16H,1-6,8-9,11-13H2,(H,23,24). The van der Waals surface area contributed by atoms with Gasteiger partial charge in [-0.05, 0) is 63.0 Å². The average Bonchev–Trinajstić information content (AvgIpc) is 3.45. The van der Waals surface area contributed by atoms with Gasteiger partial charge < -0.3 is 4.90 Å². The Kier molecular flexibility index (Phi) is 4.36. The van der Waals surface area contributed by atoms with Crippen molar-refractivity contribution in [3.8, 4) is 0 Å². The average molecular weight is 352 g/mol. The second kappa shape index (κ2) is 6.99. The van der Waals surface area contributed by atoms with Gasteiger partial charge in [0.25, 0.3) is 0 Å². The van der Waals surface area contributed by atoms with Gasteiger partial charge >= 0.3 is 0 Å². The first-order valence-electron chi connectivity index (χ1n) is 10.2. The van der Waals surface area contributed by atoms with E-state index >= 15 is 0 Å². The summed E-state index contributed by atoms with van der Waals surface area (Å²) in [4.78, 5) is 13.8. The molecule has 26 heavy (non-hydrogen) atoms. The zero-order valence-electron chi connectivity index (χ0n) is 15.4. The normalized spacial score (nSPS) is 21.5. The van der Waals surface area contributed by atoms with Crippen LogP contribution in [0.4, 0.5) is 5.82 Å². The molecule has 1 aliphatic heterocycles. The van der Waals surface area contributed by atoms with Gasteiger partial charge in [-0.1, -0.05) is 0 Å². The number of nitrogens with zero attached hydrogens (tertiary/aromatic N) is 5. The molecule has 0 amide bonds. The lowest BCUT2D eigenvalue weighted by atomic mass is 9.95. The Labute approximate surface area is 155 Å². The van der Waals surface area contributed by atoms with E-state index in [9.17, 15) is 0 Å². The molecule has 0 aromatic carbocycles. The van der Waals surface area contributed by atoms with Crippen LogP contribution in [0.15, 0.2) is 18.6 Å². The molecule has 6 heteroatoms. The molecule has 2 aliphatic carbocycles. The van der Waals surface area contributed by atoms with Gasteiger partial charge in [0, 0.05) is 43.6 Å². The third kappa shape index (κ3) is 3.22. The number of rotatable bonds is 5. The fourth-order valence-corrected chi connectivity index (χ4v) is 4.71. The van der Waals surface area contributed by atoms with Crippen molar-refractivity contribution in [2.24, 2.45) is 0 Å². The number of fused-ring (bicyclic) bond motifs is 1. The number of aromatic nitrogens is 4. The van der Waals surface area contributed by atoms with Crippen molar-refractivity contribution in [2.75, 3.05) is 18.0 Å². The Hall–Kier alpha value is -1.95. The van der Waals surface area contributed by atoms with E-state index in [1.807, 2.05) is 6.20 Å². The molecule has 1 N–H and O–H groups in total. The van der Waals surface area contributed by atoms with Crippen LogP contribution in [0.3, 0.4) is 0 Å². The molecule has 0 spiro atoms. The molecule has 5 rings (SSSR count). The number of H-pyrrole nitrogens is 1. The summed E-state index contributed by atoms with van der Waals surface area (Å²) in [6.45, 7) is 3.32. The summed E-state index contributed by atoms with van der Waals surface area (Å²) in [5.41, 5.74) is 4.21. The molecule has 138 valence electrons. The van der Waals surface area contributed by atoms with E-state index in [4.69, 9.17) is 0 Å². The van der Waals surface area contributed by atoms with Crippen LogP contribution in [-0.4, -0.2) is 50.2 Å². The van der Waals surface area contributed by atoms with Crippen molar-refractivity contribution in [3.05, 3.63) is 35.5 Å². The number of likely N-dealkylation sites (tertiary alicyclic amines) is 1. The number of piperidine rings is 1. The summed E-state index contributed by atoms with van der Waals surface area (Å²) in [7, 11) is 0. The topological polar surface area (TPSA) is 60.9 Å². The minimum absolute atomic E-state index is 0.613. The van der Waals surface area contributed by atoms with Crippen molar-refractivity contribution in [3.63, 3.8) is 0 Å². The SMILES string of the molecule is c1cc(N(C2CC2)C2CCN(Cc3n[nH]c4c3CCCC4)CC2)ncn1. The monoisotopic (exact) mass is 352 g/mol. The van der Waals surface area contributed by atoms with Crippen molar-refractivity contribution in [2.45, 2.75) is 70.0 Å². The number of aromatic amines is 1. The van der Waals surface area contributed by atoms with Gasteiger partial charge in [-0.15, -0.1) is 0 Å². The molecule has 2 aromatic heterocycles. The van der Waals surface area contributed by atoms with Crippen LogP contribution in [0, 0.1) is 0 Å². The van der Waals surface area contributed by atoms with E-state index in [2.05, 4.69) is 36.0 Å². The van der Waals surface area contributed by atoms with Crippen LogP contribution in [0.1, 0.15) is 55.5 Å². The summed E-state index contributed by atoms with van der Waals surface area (Å²) in [5, 5.41) is 7.93. The van der Waals surface area contributed by atoms with E-state index < -0.39 is 0 Å². The van der Waals surface area contributed by atoms with E-state index in [1.54, 1.807) is 6.33 Å². The Balaban J connectivity index is 1.23. The molecule has 2 aromatic rings. The van der Waals surface area contributed by atoms with Crippen LogP contribution in [0.2, 0.25) is 0 Å². The molecule has 0 unspecified atom stereocenters. The first-order chi connectivity index (χ1) is 12.9. The third-order valence-corrected chi connectivity index (χ3v) is 6.24. The minimum atomic E-state index is 0.613. The predicted octanol–water partition coefficient (Wildman–Crippen LogP) is 2.71. The fourth-order valence-electron chi connectivity index (χ4n) is 4.71. The molecule has 1 saturated heterocycles. The number of hydrogen-bond acceptors (Lipinski definition) is 5. The first kappa shape index (κ1) is 16.2. The van der Waals surface area contributed by atoms with E-state index in [-0.39, 0.29) is 0 Å². The van der Waals surface area contributed by atoms with Gasteiger partial charge in [-0.2, -0.15) is 5.10 Å². The Morgan fingerprint density at radius 1 is 1.08 bits per heavy atom. The van der Waals surface area contributed by atoms with Crippen molar-refractivity contribution >= 4 is 5.82 Å². The molecule has 3 aliphatic rings. The van der Waals surface area contributed by atoms with E-state index in [0.717, 1.165) is 25.5 Å². The highest BCUT2D eigenvalue weighted by Gasteiger charge is 2.36. The van der Waals surface area contributed by atoms with Gasteiger partial charge in [0.15, 0.2) is 0 Å². The molecule has 0 radical (unpaired) electrons. The van der Waals surface area contributed by atoms with Crippen molar-refractivity contribution < 1.29 is 0 Å². The van der Waals surface area contributed by atoms with Crippen LogP contribution in [-0.2, 0) is 19.4 Å². The number of nitrogens with one attached hydrogen (secondary N) is 1. The highest BCUT2D eigenvalue weighted by molar-refractivity contribution is 5.41. The minimum Gasteiger partial charge on any atom is -0.350 e. The summed E-state index contributed by atoms with van der Waals surface area (Å²) < 4.78 is 0. The Bertz CT molecular complexity index is 730. The second-order valence-corrected chi connectivity index (χ2v) is 8.05. The summed E-state index contributed by atoms with van der Waals surface area (Å²) in [6.07, 6.45) is 13.6. The zero-order valence-corrected chi connectivity index (χ0v) is 15.4. The van der Waals surface area contributed by atoms with E-state index in [1.165, 1.54) is 68.3 Å². The van der Waals surface area contributed by atoms with Crippen molar-refractivity contribution in [1.29, 1.82) is 0 Å². The molecule has 1 saturated carbocycles. The van der Waals surface area contributed by atoms with Gasteiger partial charge in [-0.3, -0.25) is 10.00 Å². The summed E-state index contributed by atoms with van der Waals surface area (Å²) in [6, 6.07) is 3.38. The predicted molar refractivity (Wildman–Crippen MR) is 101 cm³/mol. The lowest BCUT2D eigenvalue weighted by Gasteiger charge is -2.39. The Morgan fingerprint density at radius 2 is 1.88 bits per heavy atom. The first-order valence-corrected chi connectivity index (χ1v) is 10.2. The quantitative estimate of drug-likeness (QED) is 0.896. The molecule has 0 atom stereocenters. The van der Waals surface area contributed by atoms with Gasteiger partial charge in [0.2, 0.25) is 0 Å². The van der Waals surface area contributed by atoms with Crippen molar-refractivity contribution in [1.82, 2.24) is 25.1 Å². The lowest BCUT2D eigenvalue weighted by molar-refractivity contribution is 0.198. The molecular formula is C20H28N6. The van der Waals surface area contributed by atoms with Crippen LogP contribution in [0.5, 0.6) is 0 Å². The fraction of sp³-hybridized carbons (Fsp3) is 0.650. The zero-order chi connectivity index (χ0) is 17.3. The largest absolute Gasteiger partial charge is 0.350 e. The maximum absolute atomic E-state index is 4.64. The number of anilines is 1. The van der Waals surface area contributed by atoms with Gasteiger partial charge in [0.1, 0.15) is 12.1 Å². The number of aryl methyl sites for hydroxylation is 1. The number of hydrogen-bond donors (Lipinski definition) is 1. The Morgan fingerprint density at radius 3 is 2.65 bits per heavy atom. The molecule has 6 nitrogen and oxygen atoms in total. The van der Waals surface area contributed by atoms with Crippen LogP contribution >= 0.6 is 0 Å².